The third kappa shape index (κ3) is 1.80. The summed E-state index contributed by atoms with van der Waals surface area (Å²) in [6.45, 7) is 0.835. The van der Waals surface area contributed by atoms with Crippen molar-refractivity contribution in [2.75, 3.05) is 13.6 Å². The molecule has 74 valence electrons. The number of nitrogens with one attached hydrogen (secondary N) is 2. The second-order valence-electron chi connectivity index (χ2n) is 2.84. The molecule has 0 radical (unpaired) electrons. The Kier molecular flexibility index (Phi) is 2.55. The van der Waals surface area contributed by atoms with Gasteiger partial charge >= 0.3 is 0 Å². The fraction of sp³-hybridized carbons (Fsp3) is 0.375. The molecule has 2 rings (SSSR count). The van der Waals surface area contributed by atoms with E-state index in [-0.39, 0.29) is 0 Å². The first-order chi connectivity index (χ1) is 6.90. The van der Waals surface area contributed by atoms with Gasteiger partial charge in [0.2, 0.25) is 0 Å². The highest BCUT2D eigenvalue weighted by atomic mass is 16.5. The standard InChI is InChI=1S/C8H11N5O/c1-9-4-3-7-11-8(14-13-7)6-2-5-10-12-6/h2,5,9H,3-4H2,1H3,(H,10,12). The van der Waals surface area contributed by atoms with Crippen LogP contribution in [0.2, 0.25) is 0 Å². The van der Waals surface area contributed by atoms with Gasteiger partial charge in [-0.25, -0.2) is 0 Å². The van der Waals surface area contributed by atoms with Gasteiger partial charge in [-0.15, -0.1) is 0 Å². The lowest BCUT2D eigenvalue weighted by atomic mass is 10.4. The topological polar surface area (TPSA) is 79.6 Å². The van der Waals surface area contributed by atoms with E-state index in [2.05, 4.69) is 25.7 Å². The molecule has 6 nitrogen and oxygen atoms in total. The molecule has 2 aromatic rings. The number of hydrogen-bond acceptors (Lipinski definition) is 5. The molecule has 0 saturated heterocycles. The maximum atomic E-state index is 5.05. The normalized spacial score (nSPS) is 10.6. The van der Waals surface area contributed by atoms with Gasteiger partial charge in [-0.05, 0) is 13.1 Å². The Morgan fingerprint density at radius 2 is 2.50 bits per heavy atom. The van der Waals surface area contributed by atoms with Crippen LogP contribution in [0.15, 0.2) is 16.8 Å². The first-order valence-electron chi connectivity index (χ1n) is 4.37. The van der Waals surface area contributed by atoms with Gasteiger partial charge in [-0.1, -0.05) is 5.16 Å². The highest BCUT2D eigenvalue weighted by molar-refractivity contribution is 5.44. The molecule has 0 atom stereocenters. The second-order valence-corrected chi connectivity index (χ2v) is 2.84. The van der Waals surface area contributed by atoms with Gasteiger partial charge in [0.05, 0.1) is 0 Å². The molecule has 0 spiro atoms. The van der Waals surface area contributed by atoms with Crippen LogP contribution in [-0.2, 0) is 6.42 Å². The Balaban J connectivity index is 2.10. The zero-order valence-corrected chi connectivity index (χ0v) is 7.82. The summed E-state index contributed by atoms with van der Waals surface area (Å²) in [7, 11) is 1.88. The van der Waals surface area contributed by atoms with Crippen LogP contribution in [0, 0.1) is 0 Å². The van der Waals surface area contributed by atoms with E-state index >= 15 is 0 Å². The maximum absolute atomic E-state index is 5.05. The van der Waals surface area contributed by atoms with Crippen LogP contribution in [0.4, 0.5) is 0 Å². The van der Waals surface area contributed by atoms with Crippen molar-refractivity contribution in [3.8, 4) is 11.6 Å². The van der Waals surface area contributed by atoms with Crippen molar-refractivity contribution in [2.24, 2.45) is 0 Å². The quantitative estimate of drug-likeness (QED) is 0.726. The highest BCUT2D eigenvalue weighted by Gasteiger charge is 2.08. The summed E-state index contributed by atoms with van der Waals surface area (Å²) in [5.74, 6) is 1.18. The van der Waals surface area contributed by atoms with Gasteiger partial charge in [0, 0.05) is 19.2 Å². The molecule has 0 amide bonds. The molecular formula is C8H11N5O. The van der Waals surface area contributed by atoms with E-state index in [0.717, 1.165) is 18.7 Å². The van der Waals surface area contributed by atoms with E-state index in [9.17, 15) is 0 Å². The predicted octanol–water partition coefficient (Wildman–Crippen LogP) is 0.222. The van der Waals surface area contributed by atoms with E-state index in [1.807, 2.05) is 7.05 Å². The zero-order valence-electron chi connectivity index (χ0n) is 7.82. The fourth-order valence-corrected chi connectivity index (χ4v) is 1.08. The fourth-order valence-electron chi connectivity index (χ4n) is 1.08. The third-order valence-corrected chi connectivity index (χ3v) is 1.80. The van der Waals surface area contributed by atoms with E-state index in [1.165, 1.54) is 0 Å². The highest BCUT2D eigenvalue weighted by Crippen LogP contribution is 2.12. The molecule has 2 aromatic heterocycles. The maximum Gasteiger partial charge on any atom is 0.275 e. The van der Waals surface area contributed by atoms with Crippen LogP contribution in [0.5, 0.6) is 0 Å². The molecule has 2 N–H and O–H groups in total. The summed E-state index contributed by atoms with van der Waals surface area (Å²) in [6.07, 6.45) is 2.40. The Morgan fingerprint density at radius 1 is 1.57 bits per heavy atom. The summed E-state index contributed by atoms with van der Waals surface area (Å²) in [6, 6.07) is 1.79. The van der Waals surface area contributed by atoms with Crippen molar-refractivity contribution in [2.45, 2.75) is 6.42 Å². The number of aromatic nitrogens is 4. The SMILES string of the molecule is CNCCc1noc(-c2ccn[nH]2)n1. The van der Waals surface area contributed by atoms with Gasteiger partial charge in [-0.2, -0.15) is 10.1 Å². The average Bonchev–Trinajstić information content (AvgIpc) is 2.85. The van der Waals surface area contributed by atoms with Crippen molar-refractivity contribution in [3.05, 3.63) is 18.1 Å². The van der Waals surface area contributed by atoms with Crippen LogP contribution in [0.1, 0.15) is 5.82 Å². The van der Waals surface area contributed by atoms with E-state index in [0.29, 0.717) is 11.7 Å². The van der Waals surface area contributed by atoms with Gasteiger partial charge in [0.1, 0.15) is 5.69 Å². The number of H-pyrrole nitrogens is 1. The molecule has 0 unspecified atom stereocenters. The van der Waals surface area contributed by atoms with Gasteiger partial charge < -0.3 is 9.84 Å². The van der Waals surface area contributed by atoms with Crippen LogP contribution >= 0.6 is 0 Å². The van der Waals surface area contributed by atoms with Crippen molar-refractivity contribution in [1.29, 1.82) is 0 Å². The van der Waals surface area contributed by atoms with Crippen LogP contribution < -0.4 is 5.32 Å². The molecule has 0 bridgehead atoms. The average molecular weight is 193 g/mol. The largest absolute Gasteiger partial charge is 0.332 e. The molecular weight excluding hydrogens is 182 g/mol. The first kappa shape index (κ1) is 8.89. The minimum absolute atomic E-state index is 0.480. The van der Waals surface area contributed by atoms with Gasteiger partial charge in [-0.3, -0.25) is 5.10 Å². The summed E-state index contributed by atoms with van der Waals surface area (Å²) in [5, 5.41) is 13.4. The molecule has 0 aromatic carbocycles. The van der Waals surface area contributed by atoms with Gasteiger partial charge in [0.25, 0.3) is 5.89 Å². The molecule has 0 aliphatic carbocycles. The number of hydrogen-bond donors (Lipinski definition) is 2. The third-order valence-electron chi connectivity index (χ3n) is 1.80. The Bertz CT molecular complexity index is 380. The predicted molar refractivity (Wildman–Crippen MR) is 49.5 cm³/mol. The number of nitrogens with zero attached hydrogens (tertiary/aromatic N) is 3. The lowest BCUT2D eigenvalue weighted by molar-refractivity contribution is 0.421. The smallest absolute Gasteiger partial charge is 0.275 e. The molecule has 0 aliphatic rings. The Morgan fingerprint density at radius 3 is 3.21 bits per heavy atom. The van der Waals surface area contributed by atoms with Crippen molar-refractivity contribution in [1.82, 2.24) is 25.7 Å². The molecule has 0 aliphatic heterocycles. The van der Waals surface area contributed by atoms with Crippen molar-refractivity contribution >= 4 is 0 Å². The lowest BCUT2D eigenvalue weighted by Crippen LogP contribution is -2.10. The second kappa shape index (κ2) is 4.01. The minimum atomic E-state index is 0.480. The summed E-state index contributed by atoms with van der Waals surface area (Å²) in [4.78, 5) is 4.20. The van der Waals surface area contributed by atoms with E-state index < -0.39 is 0 Å². The van der Waals surface area contributed by atoms with Crippen molar-refractivity contribution in [3.63, 3.8) is 0 Å². The monoisotopic (exact) mass is 193 g/mol. The number of likely N-dealkylation sites (N-methyl/N-ethyl adjacent to an activating group) is 1. The van der Waals surface area contributed by atoms with E-state index in [1.54, 1.807) is 12.3 Å². The van der Waals surface area contributed by atoms with Crippen LogP contribution in [-0.4, -0.2) is 33.9 Å². The van der Waals surface area contributed by atoms with Gasteiger partial charge in [0.15, 0.2) is 5.82 Å². The number of rotatable bonds is 4. The molecule has 14 heavy (non-hydrogen) atoms. The Labute approximate surface area is 80.7 Å². The van der Waals surface area contributed by atoms with Crippen LogP contribution in [0.25, 0.3) is 11.6 Å². The molecule has 0 saturated carbocycles. The lowest BCUT2D eigenvalue weighted by Gasteiger charge is -1.90. The zero-order chi connectivity index (χ0) is 9.80. The number of aromatic amines is 1. The summed E-state index contributed by atoms with van der Waals surface area (Å²) < 4.78 is 5.05. The molecule has 0 fully saturated rings. The summed E-state index contributed by atoms with van der Waals surface area (Å²) in [5.41, 5.74) is 0.744. The van der Waals surface area contributed by atoms with Crippen molar-refractivity contribution < 1.29 is 4.52 Å². The van der Waals surface area contributed by atoms with Crippen LogP contribution in [0.3, 0.4) is 0 Å². The first-order valence-corrected chi connectivity index (χ1v) is 4.37. The minimum Gasteiger partial charge on any atom is -0.332 e. The van der Waals surface area contributed by atoms with E-state index in [4.69, 9.17) is 4.52 Å². The molecule has 6 heteroatoms. The summed E-state index contributed by atoms with van der Waals surface area (Å²) >= 11 is 0. The Hall–Kier alpha value is -1.69. The molecule has 2 heterocycles.